The molecule has 0 bridgehead atoms. The average Bonchev–Trinajstić information content (AvgIpc) is 3.00. The molecule has 25 heavy (non-hydrogen) atoms. The van der Waals surface area contributed by atoms with Gasteiger partial charge in [-0.3, -0.25) is 19.8 Å². The normalized spacial score (nSPS) is 15.4. The summed E-state index contributed by atoms with van der Waals surface area (Å²) in [4.78, 5) is 31.9. The fourth-order valence-corrected chi connectivity index (χ4v) is 3.65. The van der Waals surface area contributed by atoms with Crippen LogP contribution < -0.4 is 0 Å². The van der Waals surface area contributed by atoms with E-state index in [4.69, 9.17) is 0 Å². The summed E-state index contributed by atoms with van der Waals surface area (Å²) in [6.07, 6.45) is 0. The number of aromatic nitrogens is 1. The van der Waals surface area contributed by atoms with Crippen molar-refractivity contribution in [2.24, 2.45) is 0 Å². The number of nitrogens with zero attached hydrogens (tertiary/aromatic N) is 4. The third-order valence-electron chi connectivity index (χ3n) is 4.44. The van der Waals surface area contributed by atoms with Crippen LogP contribution in [0.5, 0.6) is 0 Å². The van der Waals surface area contributed by atoms with Gasteiger partial charge in [-0.1, -0.05) is 6.07 Å². The van der Waals surface area contributed by atoms with Gasteiger partial charge in [-0.25, -0.2) is 4.98 Å². The van der Waals surface area contributed by atoms with Crippen LogP contribution in [0.4, 0.5) is 5.69 Å². The molecule has 0 unspecified atom stereocenters. The second-order valence-electron chi connectivity index (χ2n) is 6.13. The van der Waals surface area contributed by atoms with Crippen LogP contribution in [0.2, 0.25) is 0 Å². The van der Waals surface area contributed by atoms with E-state index in [1.165, 1.54) is 6.07 Å². The number of amides is 1. The van der Waals surface area contributed by atoms with Gasteiger partial charge < -0.3 is 4.90 Å². The third kappa shape index (κ3) is 3.85. The minimum atomic E-state index is -0.445. The molecule has 3 rings (SSSR count). The van der Waals surface area contributed by atoms with E-state index in [2.05, 4.69) is 15.3 Å². The largest absolute Gasteiger partial charge is 0.336 e. The summed E-state index contributed by atoms with van der Waals surface area (Å²) in [5.74, 6) is -0.134. The van der Waals surface area contributed by atoms with E-state index in [1.807, 2.05) is 6.92 Å². The number of carbonyl (C=O) groups is 1. The summed E-state index contributed by atoms with van der Waals surface area (Å²) in [5, 5.41) is 14.2. The predicted molar refractivity (Wildman–Crippen MR) is 95.9 cm³/mol. The Morgan fingerprint density at radius 3 is 2.60 bits per heavy atom. The highest BCUT2D eigenvalue weighted by molar-refractivity contribution is 7.09. The van der Waals surface area contributed by atoms with Crippen molar-refractivity contribution in [1.29, 1.82) is 0 Å². The molecule has 0 saturated carbocycles. The van der Waals surface area contributed by atoms with E-state index in [-0.39, 0.29) is 11.6 Å². The number of benzene rings is 1. The number of carbonyl (C=O) groups excluding carboxylic acids is 1. The second kappa shape index (κ2) is 7.28. The Kier molecular flexibility index (Phi) is 5.10. The lowest BCUT2D eigenvalue weighted by Crippen LogP contribution is -2.48. The molecule has 0 N–H and O–H groups in total. The van der Waals surface area contributed by atoms with Crippen molar-refractivity contribution in [1.82, 2.24) is 14.8 Å². The van der Waals surface area contributed by atoms with Crippen LogP contribution in [0.15, 0.2) is 23.6 Å². The highest BCUT2D eigenvalue weighted by atomic mass is 32.1. The first-order valence-corrected chi connectivity index (χ1v) is 9.00. The average molecular weight is 360 g/mol. The number of piperazine rings is 1. The van der Waals surface area contributed by atoms with E-state index in [9.17, 15) is 14.9 Å². The fourth-order valence-electron chi connectivity index (χ4n) is 3.04. The van der Waals surface area contributed by atoms with Crippen molar-refractivity contribution in [2.75, 3.05) is 26.2 Å². The lowest BCUT2D eigenvalue weighted by molar-refractivity contribution is -0.385. The van der Waals surface area contributed by atoms with E-state index in [1.54, 1.807) is 35.3 Å². The smallest absolute Gasteiger partial charge is 0.273 e. The van der Waals surface area contributed by atoms with Crippen molar-refractivity contribution in [2.45, 2.75) is 20.4 Å². The number of rotatable bonds is 4. The van der Waals surface area contributed by atoms with E-state index in [0.29, 0.717) is 24.2 Å². The summed E-state index contributed by atoms with van der Waals surface area (Å²) in [6.45, 7) is 7.20. The maximum absolute atomic E-state index is 12.7. The first-order valence-electron chi connectivity index (χ1n) is 8.12. The molecule has 1 aromatic carbocycles. The molecule has 1 aromatic heterocycles. The highest BCUT2D eigenvalue weighted by Crippen LogP contribution is 2.23. The summed E-state index contributed by atoms with van der Waals surface area (Å²) in [5.41, 5.74) is 1.90. The number of nitro groups is 1. The van der Waals surface area contributed by atoms with Crippen molar-refractivity contribution < 1.29 is 9.72 Å². The standard InChI is InChI=1S/C17H20N4O3S/c1-12-15(4-3-5-16(12)21(23)24)17(22)20-8-6-19(7-9-20)10-14-11-25-13(2)18-14/h3-5,11H,6-10H2,1-2H3. The monoisotopic (exact) mass is 360 g/mol. The lowest BCUT2D eigenvalue weighted by atomic mass is 10.1. The first-order chi connectivity index (χ1) is 12.0. The van der Waals surface area contributed by atoms with Crippen LogP contribution in [-0.4, -0.2) is 51.8 Å². The molecule has 0 radical (unpaired) electrons. The van der Waals surface area contributed by atoms with Gasteiger partial charge in [-0.2, -0.15) is 0 Å². The summed E-state index contributed by atoms with van der Waals surface area (Å²) in [6, 6.07) is 4.66. The molecule has 8 heteroatoms. The SMILES string of the molecule is Cc1nc(CN2CCN(C(=O)c3cccc([N+](=O)[O-])c3C)CC2)cs1. The molecule has 0 spiro atoms. The molecule has 1 fully saturated rings. The van der Waals surface area contributed by atoms with E-state index < -0.39 is 4.92 Å². The predicted octanol–water partition coefficient (Wildman–Crippen LogP) is 2.63. The molecule has 1 saturated heterocycles. The van der Waals surface area contributed by atoms with Crippen LogP contribution in [0.25, 0.3) is 0 Å². The van der Waals surface area contributed by atoms with Crippen molar-refractivity contribution in [3.8, 4) is 0 Å². The Morgan fingerprint density at radius 2 is 2.00 bits per heavy atom. The number of hydrogen-bond acceptors (Lipinski definition) is 6. The first kappa shape index (κ1) is 17.5. The van der Waals surface area contributed by atoms with Crippen LogP contribution in [0, 0.1) is 24.0 Å². The number of aryl methyl sites for hydroxylation is 1. The number of nitro benzene ring substituents is 1. The Hall–Kier alpha value is -2.32. The molecule has 1 amide bonds. The topological polar surface area (TPSA) is 79.6 Å². The molecule has 2 heterocycles. The molecule has 1 aliphatic heterocycles. The molecular formula is C17H20N4O3S. The second-order valence-corrected chi connectivity index (χ2v) is 7.20. The molecule has 132 valence electrons. The Morgan fingerprint density at radius 1 is 1.28 bits per heavy atom. The summed E-state index contributed by atoms with van der Waals surface area (Å²) >= 11 is 1.64. The summed E-state index contributed by atoms with van der Waals surface area (Å²) in [7, 11) is 0. The minimum absolute atomic E-state index is 0.0108. The maximum Gasteiger partial charge on any atom is 0.273 e. The van der Waals surface area contributed by atoms with Gasteiger partial charge in [0.05, 0.1) is 15.6 Å². The van der Waals surface area contributed by atoms with Gasteiger partial charge in [0.2, 0.25) is 0 Å². The number of hydrogen-bond donors (Lipinski definition) is 0. The van der Waals surface area contributed by atoms with E-state index in [0.717, 1.165) is 30.3 Å². The Labute approximate surface area is 150 Å². The van der Waals surface area contributed by atoms with Gasteiger partial charge in [-0.05, 0) is 19.9 Å². The quantitative estimate of drug-likeness (QED) is 0.618. The van der Waals surface area contributed by atoms with Crippen molar-refractivity contribution >= 4 is 22.9 Å². The highest BCUT2D eigenvalue weighted by Gasteiger charge is 2.25. The van der Waals surface area contributed by atoms with Crippen molar-refractivity contribution in [3.63, 3.8) is 0 Å². The zero-order chi connectivity index (χ0) is 18.0. The van der Waals surface area contributed by atoms with E-state index >= 15 is 0 Å². The minimum Gasteiger partial charge on any atom is -0.336 e. The van der Waals surface area contributed by atoms with Gasteiger partial charge in [0, 0.05) is 55.3 Å². The molecule has 0 aliphatic carbocycles. The van der Waals surface area contributed by atoms with Crippen LogP contribution in [-0.2, 0) is 6.54 Å². The van der Waals surface area contributed by atoms with Gasteiger partial charge >= 0.3 is 0 Å². The van der Waals surface area contributed by atoms with Gasteiger partial charge in [0.15, 0.2) is 0 Å². The summed E-state index contributed by atoms with van der Waals surface area (Å²) < 4.78 is 0. The Balaban J connectivity index is 1.64. The fraction of sp³-hybridized carbons (Fsp3) is 0.412. The zero-order valence-corrected chi connectivity index (χ0v) is 15.1. The molecular weight excluding hydrogens is 340 g/mol. The molecule has 7 nitrogen and oxygen atoms in total. The van der Waals surface area contributed by atoms with Crippen LogP contribution in [0.1, 0.15) is 26.6 Å². The zero-order valence-electron chi connectivity index (χ0n) is 14.3. The van der Waals surface area contributed by atoms with Crippen molar-refractivity contribution in [3.05, 3.63) is 55.5 Å². The molecule has 1 aliphatic rings. The maximum atomic E-state index is 12.7. The van der Waals surface area contributed by atoms with Gasteiger partial charge in [0.25, 0.3) is 11.6 Å². The molecule has 2 aromatic rings. The van der Waals surface area contributed by atoms with Gasteiger partial charge in [-0.15, -0.1) is 11.3 Å². The van der Waals surface area contributed by atoms with Gasteiger partial charge in [0.1, 0.15) is 0 Å². The Bertz CT molecular complexity index is 797. The number of thiazole rings is 1. The van der Waals surface area contributed by atoms with Crippen LogP contribution in [0.3, 0.4) is 0 Å². The van der Waals surface area contributed by atoms with Crippen LogP contribution >= 0.6 is 11.3 Å². The third-order valence-corrected chi connectivity index (χ3v) is 5.27. The lowest BCUT2D eigenvalue weighted by Gasteiger charge is -2.34. The molecule has 0 atom stereocenters.